The molecule has 0 aromatic heterocycles. The lowest BCUT2D eigenvalue weighted by Gasteiger charge is -2.58. The SMILES string of the molecule is C=C[C@@](O)(CC[C@@H](C)[C@H]1CC[C@H]2[C@@H]3CC=C4C[C@@H](O)CC[C@]4(C)[C@H]3CC[C@]12C)C(F)(F)F. The molecule has 4 aliphatic rings. The van der Waals surface area contributed by atoms with Crippen molar-refractivity contribution < 1.29 is 23.4 Å². The molecule has 2 N–H and O–H groups in total. The molecule has 3 fully saturated rings. The van der Waals surface area contributed by atoms with E-state index in [1.165, 1.54) is 18.4 Å². The third-order valence-electron chi connectivity index (χ3n) is 10.6. The highest BCUT2D eigenvalue weighted by molar-refractivity contribution is 5.25. The molecule has 0 heterocycles. The Kier molecular flexibility index (Phi) is 6.19. The number of alkyl halides is 3. The molecule has 0 amide bonds. The molecule has 0 spiro atoms. The van der Waals surface area contributed by atoms with Gasteiger partial charge < -0.3 is 10.2 Å². The third-order valence-corrected chi connectivity index (χ3v) is 10.6. The molecular formula is C27H41F3O2. The van der Waals surface area contributed by atoms with Crippen molar-refractivity contribution in [2.75, 3.05) is 0 Å². The van der Waals surface area contributed by atoms with Crippen molar-refractivity contribution in [2.24, 2.45) is 40.4 Å². The van der Waals surface area contributed by atoms with E-state index in [-0.39, 0.29) is 29.3 Å². The fourth-order valence-corrected chi connectivity index (χ4v) is 8.63. The number of hydrogen-bond acceptors (Lipinski definition) is 2. The van der Waals surface area contributed by atoms with Crippen LogP contribution in [-0.2, 0) is 0 Å². The van der Waals surface area contributed by atoms with Crippen molar-refractivity contribution in [3.63, 3.8) is 0 Å². The maximum Gasteiger partial charge on any atom is 0.420 e. The Hall–Kier alpha value is -0.810. The van der Waals surface area contributed by atoms with Gasteiger partial charge in [0.2, 0.25) is 0 Å². The molecule has 4 rings (SSSR count). The summed E-state index contributed by atoms with van der Waals surface area (Å²) in [6.45, 7) is 10.2. The Morgan fingerprint density at radius 3 is 2.53 bits per heavy atom. The van der Waals surface area contributed by atoms with Crippen LogP contribution in [-0.4, -0.2) is 28.1 Å². The molecule has 3 saturated carbocycles. The summed E-state index contributed by atoms with van der Waals surface area (Å²) in [5, 5.41) is 20.3. The summed E-state index contributed by atoms with van der Waals surface area (Å²) in [6, 6.07) is 0. The quantitative estimate of drug-likeness (QED) is 0.447. The van der Waals surface area contributed by atoms with E-state index in [4.69, 9.17) is 0 Å². The second-order valence-electron chi connectivity index (χ2n) is 12.0. The molecule has 5 heteroatoms. The van der Waals surface area contributed by atoms with E-state index < -0.39 is 11.8 Å². The van der Waals surface area contributed by atoms with Gasteiger partial charge in [0, 0.05) is 0 Å². The van der Waals surface area contributed by atoms with Crippen LogP contribution in [0.25, 0.3) is 0 Å². The van der Waals surface area contributed by atoms with Gasteiger partial charge in [0.05, 0.1) is 6.10 Å². The standard InChI is InChI=1S/C27H41F3O2/c1-5-26(32,27(28,29)30)15-10-17(2)21-8-9-22-20-7-6-18-16-19(31)11-13-24(18,3)23(20)12-14-25(21,22)4/h5-6,17,19-23,31-32H,1,7-16H2,2-4H3/t17-,19+,20+,21-,22+,23+,24+,25-,26-/m1/s1. The van der Waals surface area contributed by atoms with Crippen LogP contribution in [0.1, 0.15) is 85.0 Å². The van der Waals surface area contributed by atoms with Gasteiger partial charge in [-0.2, -0.15) is 13.2 Å². The first kappa shape index (κ1) is 24.3. The maximum atomic E-state index is 13.3. The maximum absolute atomic E-state index is 13.3. The van der Waals surface area contributed by atoms with Crippen LogP contribution in [0.4, 0.5) is 13.2 Å². The van der Waals surface area contributed by atoms with Crippen LogP contribution < -0.4 is 0 Å². The normalized spacial score (nSPS) is 44.5. The Balaban J connectivity index is 1.49. The molecular weight excluding hydrogens is 413 g/mol. The monoisotopic (exact) mass is 454 g/mol. The van der Waals surface area contributed by atoms with E-state index >= 15 is 0 Å². The lowest BCUT2D eigenvalue weighted by Crippen LogP contribution is -2.51. The molecule has 9 atom stereocenters. The van der Waals surface area contributed by atoms with Crippen molar-refractivity contribution in [3.8, 4) is 0 Å². The number of allylic oxidation sites excluding steroid dienone is 1. The number of rotatable bonds is 5. The predicted molar refractivity (Wildman–Crippen MR) is 121 cm³/mol. The van der Waals surface area contributed by atoms with Crippen molar-refractivity contribution in [1.82, 2.24) is 0 Å². The van der Waals surface area contributed by atoms with Crippen molar-refractivity contribution in [1.29, 1.82) is 0 Å². The number of hydrogen-bond donors (Lipinski definition) is 2. The summed E-state index contributed by atoms with van der Waals surface area (Å²) in [5.74, 6) is 2.48. The fourth-order valence-electron chi connectivity index (χ4n) is 8.63. The second-order valence-corrected chi connectivity index (χ2v) is 12.0. The first-order valence-corrected chi connectivity index (χ1v) is 12.7. The van der Waals surface area contributed by atoms with E-state index in [1.807, 2.05) is 0 Å². The zero-order valence-corrected chi connectivity index (χ0v) is 19.9. The molecule has 0 saturated heterocycles. The first-order chi connectivity index (χ1) is 14.9. The molecule has 0 unspecified atom stereocenters. The van der Waals surface area contributed by atoms with E-state index in [2.05, 4.69) is 33.4 Å². The highest BCUT2D eigenvalue weighted by Crippen LogP contribution is 2.67. The summed E-state index contributed by atoms with van der Waals surface area (Å²) in [4.78, 5) is 0. The number of halogens is 3. The summed E-state index contributed by atoms with van der Waals surface area (Å²) >= 11 is 0. The van der Waals surface area contributed by atoms with Crippen LogP contribution >= 0.6 is 0 Å². The number of fused-ring (bicyclic) bond motifs is 5. The Morgan fingerprint density at radius 1 is 1.16 bits per heavy atom. The minimum Gasteiger partial charge on any atom is -0.393 e. The lowest BCUT2D eigenvalue weighted by atomic mass is 9.47. The second kappa shape index (κ2) is 8.15. The smallest absolute Gasteiger partial charge is 0.393 e. The highest BCUT2D eigenvalue weighted by atomic mass is 19.4. The summed E-state index contributed by atoms with van der Waals surface area (Å²) in [7, 11) is 0. The van der Waals surface area contributed by atoms with Gasteiger partial charge in [0.15, 0.2) is 5.60 Å². The first-order valence-electron chi connectivity index (χ1n) is 12.7. The van der Waals surface area contributed by atoms with Crippen LogP contribution in [0.5, 0.6) is 0 Å². The van der Waals surface area contributed by atoms with E-state index in [0.29, 0.717) is 36.2 Å². The molecule has 182 valence electrons. The van der Waals surface area contributed by atoms with E-state index in [9.17, 15) is 23.4 Å². The third kappa shape index (κ3) is 3.70. The molecule has 0 bridgehead atoms. The Labute approximate surface area is 191 Å². The topological polar surface area (TPSA) is 40.5 Å². The van der Waals surface area contributed by atoms with Gasteiger partial charge in [-0.15, -0.1) is 0 Å². The van der Waals surface area contributed by atoms with Gasteiger partial charge >= 0.3 is 6.18 Å². The van der Waals surface area contributed by atoms with Gasteiger partial charge in [-0.1, -0.05) is 45.1 Å². The predicted octanol–water partition coefficient (Wildman–Crippen LogP) is 6.82. The highest BCUT2D eigenvalue weighted by Gasteiger charge is 2.59. The zero-order chi connectivity index (χ0) is 23.5. The Bertz CT molecular complexity index is 760. The van der Waals surface area contributed by atoms with Gasteiger partial charge in [-0.05, 0) is 105 Å². The number of aliphatic hydroxyl groups excluding tert-OH is 1. The van der Waals surface area contributed by atoms with Gasteiger partial charge in [-0.25, -0.2) is 0 Å². The number of aliphatic hydroxyl groups is 2. The van der Waals surface area contributed by atoms with Crippen LogP contribution in [0.15, 0.2) is 24.3 Å². The van der Waals surface area contributed by atoms with Gasteiger partial charge in [0.25, 0.3) is 0 Å². The summed E-state index contributed by atoms with van der Waals surface area (Å²) in [6.07, 6.45) is 6.74. The van der Waals surface area contributed by atoms with Crippen LogP contribution in [0.3, 0.4) is 0 Å². The van der Waals surface area contributed by atoms with Crippen LogP contribution in [0.2, 0.25) is 0 Å². The Morgan fingerprint density at radius 2 is 1.88 bits per heavy atom. The van der Waals surface area contributed by atoms with Crippen LogP contribution in [0, 0.1) is 40.4 Å². The summed E-state index contributed by atoms with van der Waals surface area (Å²) < 4.78 is 39.9. The molecule has 0 aromatic carbocycles. The molecule has 4 aliphatic carbocycles. The minimum absolute atomic E-state index is 0.144. The largest absolute Gasteiger partial charge is 0.420 e. The summed E-state index contributed by atoms with van der Waals surface area (Å²) in [5.41, 5.74) is -0.941. The molecule has 2 nitrogen and oxygen atoms in total. The molecule has 0 aliphatic heterocycles. The van der Waals surface area contributed by atoms with Crippen molar-refractivity contribution in [3.05, 3.63) is 24.3 Å². The van der Waals surface area contributed by atoms with Gasteiger partial charge in [0.1, 0.15) is 0 Å². The zero-order valence-electron chi connectivity index (χ0n) is 19.9. The molecule has 0 aromatic rings. The molecule has 32 heavy (non-hydrogen) atoms. The average Bonchev–Trinajstić information content (AvgIpc) is 3.08. The van der Waals surface area contributed by atoms with E-state index in [0.717, 1.165) is 38.5 Å². The fraction of sp³-hybridized carbons (Fsp3) is 0.852. The van der Waals surface area contributed by atoms with Crippen molar-refractivity contribution in [2.45, 2.75) is 103 Å². The van der Waals surface area contributed by atoms with E-state index in [1.54, 1.807) is 0 Å². The lowest BCUT2D eigenvalue weighted by molar-refractivity contribution is -0.243. The van der Waals surface area contributed by atoms with Gasteiger partial charge in [-0.3, -0.25) is 0 Å². The average molecular weight is 455 g/mol. The minimum atomic E-state index is -4.68. The molecule has 0 radical (unpaired) electrons. The van der Waals surface area contributed by atoms with Crippen molar-refractivity contribution >= 4 is 0 Å².